The largest absolute Gasteiger partial charge is 0.507 e. The molecular formula is C17H18O3. The van der Waals surface area contributed by atoms with Crippen LogP contribution in [0, 0.1) is 0 Å². The molecule has 0 aliphatic rings. The maximum Gasteiger partial charge on any atom is 0.305 e. The zero-order valence-corrected chi connectivity index (χ0v) is 11.5. The molecule has 3 heteroatoms. The number of hydrogen-bond acceptors (Lipinski definition) is 3. The lowest BCUT2D eigenvalue weighted by Gasteiger charge is -2.08. The Labute approximate surface area is 118 Å². The number of phenolic OH excluding ortho intramolecular Hbond substituents is 1. The van der Waals surface area contributed by atoms with Crippen LogP contribution < -0.4 is 0 Å². The van der Waals surface area contributed by atoms with Crippen LogP contribution in [0.3, 0.4) is 0 Å². The molecule has 2 rings (SSSR count). The van der Waals surface area contributed by atoms with E-state index in [2.05, 4.69) is 4.74 Å². The summed E-state index contributed by atoms with van der Waals surface area (Å²) < 4.78 is 4.62. The standard InChI is InChI=1S/C17H18O3/c1-20-17(19)9-5-6-13-10-11-16(18)15(12-13)14-7-3-2-4-8-14/h2-4,7-8,10-12,18H,5-6,9H2,1H3. The number of rotatable bonds is 5. The molecule has 1 N–H and O–H groups in total. The van der Waals surface area contributed by atoms with Gasteiger partial charge in [0, 0.05) is 12.0 Å². The van der Waals surface area contributed by atoms with Gasteiger partial charge in [-0.2, -0.15) is 0 Å². The van der Waals surface area contributed by atoms with Crippen molar-refractivity contribution in [1.29, 1.82) is 0 Å². The van der Waals surface area contributed by atoms with E-state index in [1.165, 1.54) is 7.11 Å². The first-order valence-electron chi connectivity index (χ1n) is 6.65. The van der Waals surface area contributed by atoms with Crippen molar-refractivity contribution < 1.29 is 14.6 Å². The molecule has 0 bridgehead atoms. The van der Waals surface area contributed by atoms with Gasteiger partial charge >= 0.3 is 5.97 Å². The fourth-order valence-electron chi connectivity index (χ4n) is 2.13. The lowest BCUT2D eigenvalue weighted by Crippen LogP contribution is -2.00. The smallest absolute Gasteiger partial charge is 0.305 e. The molecule has 0 aromatic heterocycles. The highest BCUT2D eigenvalue weighted by Crippen LogP contribution is 2.30. The summed E-state index contributed by atoms with van der Waals surface area (Å²) >= 11 is 0. The van der Waals surface area contributed by atoms with E-state index >= 15 is 0 Å². The van der Waals surface area contributed by atoms with Crippen molar-refractivity contribution in [1.82, 2.24) is 0 Å². The van der Waals surface area contributed by atoms with E-state index in [4.69, 9.17) is 0 Å². The molecule has 104 valence electrons. The van der Waals surface area contributed by atoms with Crippen molar-refractivity contribution in [3.05, 3.63) is 54.1 Å². The van der Waals surface area contributed by atoms with Gasteiger partial charge in [-0.05, 0) is 36.1 Å². The molecule has 0 heterocycles. The van der Waals surface area contributed by atoms with Crippen LogP contribution in [0.25, 0.3) is 11.1 Å². The molecule has 0 aliphatic carbocycles. The van der Waals surface area contributed by atoms with E-state index < -0.39 is 0 Å². The second-order valence-corrected chi connectivity index (χ2v) is 4.65. The summed E-state index contributed by atoms with van der Waals surface area (Å²) in [7, 11) is 1.40. The normalized spacial score (nSPS) is 10.2. The highest BCUT2D eigenvalue weighted by Gasteiger charge is 2.06. The molecule has 0 saturated carbocycles. The highest BCUT2D eigenvalue weighted by atomic mass is 16.5. The van der Waals surface area contributed by atoms with Crippen molar-refractivity contribution in [2.45, 2.75) is 19.3 Å². The van der Waals surface area contributed by atoms with E-state index in [0.717, 1.165) is 29.5 Å². The molecule has 0 saturated heterocycles. The number of carbonyl (C=O) groups excluding carboxylic acids is 1. The van der Waals surface area contributed by atoms with Gasteiger partial charge in [-0.25, -0.2) is 0 Å². The quantitative estimate of drug-likeness (QED) is 0.845. The number of aryl methyl sites for hydroxylation is 1. The zero-order valence-electron chi connectivity index (χ0n) is 11.5. The fourth-order valence-corrected chi connectivity index (χ4v) is 2.13. The molecular weight excluding hydrogens is 252 g/mol. The average molecular weight is 270 g/mol. The minimum absolute atomic E-state index is 0.188. The minimum atomic E-state index is -0.188. The van der Waals surface area contributed by atoms with E-state index in [9.17, 15) is 9.90 Å². The molecule has 0 unspecified atom stereocenters. The Bertz CT molecular complexity index is 576. The number of ether oxygens (including phenoxy) is 1. The third-order valence-electron chi connectivity index (χ3n) is 3.22. The first kappa shape index (κ1) is 14.1. The van der Waals surface area contributed by atoms with Crippen LogP contribution in [0.15, 0.2) is 48.5 Å². The summed E-state index contributed by atoms with van der Waals surface area (Å²) in [6.07, 6.45) is 1.94. The highest BCUT2D eigenvalue weighted by molar-refractivity contribution is 5.71. The molecule has 2 aromatic carbocycles. The molecule has 0 aliphatic heterocycles. The summed E-state index contributed by atoms with van der Waals surface area (Å²) in [6.45, 7) is 0. The molecule has 0 spiro atoms. The Morgan fingerprint density at radius 2 is 1.90 bits per heavy atom. The number of methoxy groups -OCH3 is 1. The predicted molar refractivity (Wildman–Crippen MR) is 78.5 cm³/mol. The molecule has 2 aromatic rings. The summed E-state index contributed by atoms with van der Waals surface area (Å²) in [5.74, 6) is 0.0833. The summed E-state index contributed by atoms with van der Waals surface area (Å²) in [5, 5.41) is 9.97. The van der Waals surface area contributed by atoms with Crippen molar-refractivity contribution in [3.8, 4) is 16.9 Å². The minimum Gasteiger partial charge on any atom is -0.507 e. The van der Waals surface area contributed by atoms with Crippen LogP contribution in [0.2, 0.25) is 0 Å². The number of carbonyl (C=O) groups is 1. The first-order valence-corrected chi connectivity index (χ1v) is 6.65. The van der Waals surface area contributed by atoms with Gasteiger partial charge in [0.25, 0.3) is 0 Å². The molecule has 0 amide bonds. The second-order valence-electron chi connectivity index (χ2n) is 4.65. The Morgan fingerprint density at radius 1 is 1.15 bits per heavy atom. The first-order chi connectivity index (χ1) is 9.70. The number of benzene rings is 2. The zero-order chi connectivity index (χ0) is 14.4. The molecule has 0 fully saturated rings. The van der Waals surface area contributed by atoms with Gasteiger partial charge in [0.15, 0.2) is 0 Å². The summed E-state index contributed by atoms with van der Waals surface area (Å²) in [4.78, 5) is 11.1. The van der Waals surface area contributed by atoms with Gasteiger partial charge in [-0.1, -0.05) is 36.4 Å². The van der Waals surface area contributed by atoms with E-state index in [1.807, 2.05) is 42.5 Å². The predicted octanol–water partition coefficient (Wildman–Crippen LogP) is 3.55. The van der Waals surface area contributed by atoms with Crippen molar-refractivity contribution in [2.75, 3.05) is 7.11 Å². The molecule has 0 atom stereocenters. The topological polar surface area (TPSA) is 46.5 Å². The maximum absolute atomic E-state index is 11.1. The maximum atomic E-state index is 11.1. The third-order valence-corrected chi connectivity index (χ3v) is 3.22. The Hall–Kier alpha value is -2.29. The van der Waals surface area contributed by atoms with E-state index in [1.54, 1.807) is 6.07 Å². The number of hydrogen-bond donors (Lipinski definition) is 1. The van der Waals surface area contributed by atoms with Crippen molar-refractivity contribution in [3.63, 3.8) is 0 Å². The van der Waals surface area contributed by atoms with Gasteiger partial charge in [-0.15, -0.1) is 0 Å². The number of esters is 1. The van der Waals surface area contributed by atoms with Crippen LogP contribution in [0.1, 0.15) is 18.4 Å². The van der Waals surface area contributed by atoms with Crippen molar-refractivity contribution >= 4 is 5.97 Å². The summed E-state index contributed by atoms with van der Waals surface area (Å²) in [6, 6.07) is 15.3. The van der Waals surface area contributed by atoms with E-state index in [-0.39, 0.29) is 11.7 Å². The number of aromatic hydroxyl groups is 1. The SMILES string of the molecule is COC(=O)CCCc1ccc(O)c(-c2ccccc2)c1. The van der Waals surface area contributed by atoms with Crippen LogP contribution in [-0.4, -0.2) is 18.2 Å². The van der Waals surface area contributed by atoms with Gasteiger partial charge in [0.1, 0.15) is 5.75 Å². The molecule has 0 radical (unpaired) electrons. The number of phenols is 1. The monoisotopic (exact) mass is 270 g/mol. The molecule has 3 nitrogen and oxygen atoms in total. The Morgan fingerprint density at radius 3 is 2.60 bits per heavy atom. The van der Waals surface area contributed by atoms with Crippen LogP contribution in [0.4, 0.5) is 0 Å². The van der Waals surface area contributed by atoms with Gasteiger partial charge in [0.2, 0.25) is 0 Å². The molecule has 20 heavy (non-hydrogen) atoms. The van der Waals surface area contributed by atoms with Gasteiger partial charge in [0.05, 0.1) is 7.11 Å². The Kier molecular flexibility index (Phi) is 4.77. The summed E-state index contributed by atoms with van der Waals surface area (Å²) in [5.41, 5.74) is 2.91. The lowest BCUT2D eigenvalue weighted by atomic mass is 9.99. The Balaban J connectivity index is 2.11. The van der Waals surface area contributed by atoms with E-state index in [0.29, 0.717) is 6.42 Å². The van der Waals surface area contributed by atoms with Gasteiger partial charge in [-0.3, -0.25) is 4.79 Å². The lowest BCUT2D eigenvalue weighted by molar-refractivity contribution is -0.140. The van der Waals surface area contributed by atoms with Gasteiger partial charge < -0.3 is 9.84 Å². The third kappa shape index (κ3) is 3.60. The van der Waals surface area contributed by atoms with Crippen LogP contribution in [0.5, 0.6) is 5.75 Å². The average Bonchev–Trinajstić information content (AvgIpc) is 2.49. The van der Waals surface area contributed by atoms with Crippen LogP contribution >= 0.6 is 0 Å². The second kappa shape index (κ2) is 6.75. The fraction of sp³-hybridized carbons (Fsp3) is 0.235. The van der Waals surface area contributed by atoms with Crippen molar-refractivity contribution in [2.24, 2.45) is 0 Å². The van der Waals surface area contributed by atoms with Crippen LogP contribution in [-0.2, 0) is 16.0 Å².